The van der Waals surface area contributed by atoms with Gasteiger partial charge in [0.15, 0.2) is 0 Å². The van der Waals surface area contributed by atoms with E-state index in [-0.39, 0.29) is 11.4 Å². The van der Waals surface area contributed by atoms with Gasteiger partial charge in [-0.1, -0.05) is 20.8 Å². The molecule has 0 unspecified atom stereocenters. The van der Waals surface area contributed by atoms with Gasteiger partial charge >= 0.3 is 5.97 Å². The molecule has 0 radical (unpaired) electrons. The molecule has 0 saturated heterocycles. The number of carbonyl (C=O) groups is 2. The van der Waals surface area contributed by atoms with Crippen LogP contribution in [0, 0.1) is 34.5 Å². The highest BCUT2D eigenvalue weighted by atomic mass is 16.5. The van der Waals surface area contributed by atoms with Gasteiger partial charge in [0.25, 0.3) is 0 Å². The third-order valence-electron chi connectivity index (χ3n) is 10.3. The Hall–Kier alpha value is -0.900. The number of rotatable bonds is 6. The highest BCUT2D eigenvalue weighted by Gasteiger charge is 2.64. The van der Waals surface area contributed by atoms with Gasteiger partial charge in [0.2, 0.25) is 0 Å². The lowest BCUT2D eigenvalue weighted by atomic mass is 9.44. The van der Waals surface area contributed by atoms with E-state index in [4.69, 9.17) is 4.74 Å². The third-order valence-corrected chi connectivity index (χ3v) is 10.3. The molecule has 7 atom stereocenters. The normalized spacial score (nSPS) is 45.4. The van der Waals surface area contributed by atoms with Gasteiger partial charge in [0, 0.05) is 19.3 Å². The van der Waals surface area contributed by atoms with E-state index in [9.17, 15) is 14.7 Å². The van der Waals surface area contributed by atoms with Crippen LogP contribution in [0.15, 0.2) is 0 Å². The lowest BCUT2D eigenvalue weighted by molar-refractivity contribution is -0.160. The Morgan fingerprint density at radius 2 is 1.87 bits per heavy atom. The first kappa shape index (κ1) is 22.3. The van der Waals surface area contributed by atoms with Crippen LogP contribution in [0.25, 0.3) is 0 Å². The molecule has 0 aromatic heterocycles. The minimum atomic E-state index is -0.625. The summed E-state index contributed by atoms with van der Waals surface area (Å²) in [5.41, 5.74) is -0.318. The largest absolute Gasteiger partial charge is 0.466 e. The first-order valence-corrected chi connectivity index (χ1v) is 12.6. The second kappa shape index (κ2) is 8.22. The van der Waals surface area contributed by atoms with Crippen LogP contribution >= 0.6 is 0 Å². The minimum absolute atomic E-state index is 0.0186. The maximum atomic E-state index is 12.1. The molecule has 4 heteroatoms. The fourth-order valence-electron chi connectivity index (χ4n) is 8.39. The molecule has 4 fully saturated rings. The summed E-state index contributed by atoms with van der Waals surface area (Å²) in [6, 6.07) is 0. The summed E-state index contributed by atoms with van der Waals surface area (Å²) in [5, 5.41) is 11.8. The molecule has 0 aromatic carbocycles. The molecule has 4 rings (SSSR count). The number of carbonyl (C=O) groups excluding carboxylic acids is 2. The summed E-state index contributed by atoms with van der Waals surface area (Å²) in [7, 11) is 0. The van der Waals surface area contributed by atoms with E-state index < -0.39 is 5.60 Å². The number of hydrogen-bond acceptors (Lipinski definition) is 4. The van der Waals surface area contributed by atoms with E-state index in [2.05, 4.69) is 13.8 Å². The van der Waals surface area contributed by atoms with E-state index in [1.165, 1.54) is 19.3 Å². The monoisotopic (exact) mass is 418 g/mol. The van der Waals surface area contributed by atoms with Gasteiger partial charge in [-0.25, -0.2) is 0 Å². The smallest absolute Gasteiger partial charge is 0.305 e. The van der Waals surface area contributed by atoms with Crippen molar-refractivity contribution in [3.8, 4) is 0 Å². The van der Waals surface area contributed by atoms with Crippen molar-refractivity contribution in [3.05, 3.63) is 0 Å². The van der Waals surface area contributed by atoms with Crippen molar-refractivity contribution in [2.24, 2.45) is 34.5 Å². The summed E-state index contributed by atoms with van der Waals surface area (Å²) in [6.45, 7) is 7.25. The van der Waals surface area contributed by atoms with Crippen molar-refractivity contribution in [3.63, 3.8) is 0 Å². The van der Waals surface area contributed by atoms with Crippen LogP contribution in [0.5, 0.6) is 0 Å². The summed E-state index contributed by atoms with van der Waals surface area (Å²) in [4.78, 5) is 23.7. The first-order valence-electron chi connectivity index (χ1n) is 12.6. The van der Waals surface area contributed by atoms with Crippen molar-refractivity contribution >= 4 is 11.8 Å². The molecule has 0 amide bonds. The average molecular weight is 419 g/mol. The Morgan fingerprint density at radius 1 is 1.10 bits per heavy atom. The van der Waals surface area contributed by atoms with Gasteiger partial charge in [-0.2, -0.15) is 0 Å². The second-order valence-electron chi connectivity index (χ2n) is 11.5. The van der Waals surface area contributed by atoms with E-state index in [1.807, 2.05) is 6.92 Å². The third kappa shape index (κ3) is 3.55. The van der Waals surface area contributed by atoms with Crippen LogP contribution in [0.4, 0.5) is 0 Å². The molecule has 1 N–H and O–H groups in total. The molecule has 4 aliphatic carbocycles. The van der Waals surface area contributed by atoms with E-state index >= 15 is 0 Å². The lowest BCUT2D eigenvalue weighted by Gasteiger charge is -2.61. The number of esters is 1. The van der Waals surface area contributed by atoms with Crippen molar-refractivity contribution < 1.29 is 19.4 Å². The van der Waals surface area contributed by atoms with E-state index in [1.54, 1.807) is 0 Å². The second-order valence-corrected chi connectivity index (χ2v) is 11.5. The fourth-order valence-corrected chi connectivity index (χ4v) is 8.39. The molecule has 0 aliphatic heterocycles. The number of hydrogen-bond donors (Lipinski definition) is 1. The van der Waals surface area contributed by atoms with E-state index in [0.717, 1.165) is 63.7 Å². The fraction of sp³-hybridized carbons (Fsp3) is 0.923. The van der Waals surface area contributed by atoms with Crippen molar-refractivity contribution in [1.29, 1.82) is 0 Å². The highest BCUT2D eigenvalue weighted by Crippen LogP contribution is 2.68. The van der Waals surface area contributed by atoms with Crippen LogP contribution in [0.3, 0.4) is 0 Å². The summed E-state index contributed by atoms with van der Waals surface area (Å²) in [5.74, 6) is 2.97. The SMILES string of the molecule is CCCC(=O)OCCC[C@]1(O)CC[C@H]2[C@@H]3CC[C@H]4CC(=O)CC[C@]4(C)[C@H]3CC[C@@]21C. The molecule has 0 heterocycles. The molecule has 4 nitrogen and oxygen atoms in total. The molecule has 4 saturated carbocycles. The van der Waals surface area contributed by atoms with Gasteiger partial charge in [-0.15, -0.1) is 0 Å². The Labute approximate surface area is 182 Å². The zero-order valence-corrected chi connectivity index (χ0v) is 19.4. The Balaban J connectivity index is 1.42. The van der Waals surface area contributed by atoms with Crippen LogP contribution in [0.1, 0.15) is 104 Å². The van der Waals surface area contributed by atoms with Gasteiger partial charge in [0.1, 0.15) is 5.78 Å². The molecule has 0 bridgehead atoms. The minimum Gasteiger partial charge on any atom is -0.466 e. The van der Waals surface area contributed by atoms with Gasteiger partial charge in [0.05, 0.1) is 12.2 Å². The lowest BCUT2D eigenvalue weighted by Crippen LogP contribution is -2.56. The van der Waals surface area contributed by atoms with Crippen molar-refractivity contribution in [2.45, 2.75) is 110 Å². The maximum Gasteiger partial charge on any atom is 0.305 e. The Kier molecular flexibility index (Phi) is 6.11. The van der Waals surface area contributed by atoms with E-state index in [0.29, 0.717) is 42.0 Å². The van der Waals surface area contributed by atoms with Gasteiger partial charge < -0.3 is 9.84 Å². The average Bonchev–Trinajstić information content (AvgIpc) is 2.97. The summed E-state index contributed by atoms with van der Waals surface area (Å²) >= 11 is 0. The zero-order valence-electron chi connectivity index (χ0n) is 19.4. The predicted molar refractivity (Wildman–Crippen MR) is 117 cm³/mol. The van der Waals surface area contributed by atoms with Gasteiger partial charge in [-0.05, 0) is 98.7 Å². The molecule has 30 heavy (non-hydrogen) atoms. The molecule has 0 aromatic rings. The zero-order chi connectivity index (χ0) is 21.6. The number of aliphatic hydroxyl groups is 1. The molecular weight excluding hydrogens is 376 g/mol. The van der Waals surface area contributed by atoms with Crippen LogP contribution in [-0.2, 0) is 14.3 Å². The predicted octanol–water partition coefficient (Wildman–Crippen LogP) is 5.45. The first-order chi connectivity index (χ1) is 14.2. The Bertz CT molecular complexity index is 674. The standard InChI is InChI=1S/C26H42O4/c1-4-6-23(28)30-16-5-12-26(29)15-11-22-20-8-7-18-17-19(27)9-13-24(18,2)21(20)10-14-25(22,26)3/h18,20-22,29H,4-17H2,1-3H3/t18-,20+,21-,22-,24-,25-,26-/m0/s1. The summed E-state index contributed by atoms with van der Waals surface area (Å²) in [6.07, 6.45) is 12.2. The quantitative estimate of drug-likeness (QED) is 0.460. The molecule has 4 aliphatic rings. The Morgan fingerprint density at radius 3 is 2.63 bits per heavy atom. The number of ether oxygens (including phenoxy) is 1. The number of Topliss-reactive ketones (excluding diaryl/α,β-unsaturated/α-hetero) is 1. The summed E-state index contributed by atoms with van der Waals surface area (Å²) < 4.78 is 5.35. The number of ketones is 1. The molecule has 170 valence electrons. The van der Waals surface area contributed by atoms with Crippen molar-refractivity contribution in [2.75, 3.05) is 6.61 Å². The van der Waals surface area contributed by atoms with Crippen LogP contribution < -0.4 is 0 Å². The molecular formula is C26H42O4. The maximum absolute atomic E-state index is 12.1. The van der Waals surface area contributed by atoms with Crippen molar-refractivity contribution in [1.82, 2.24) is 0 Å². The molecule has 0 spiro atoms. The van der Waals surface area contributed by atoms with Crippen LogP contribution in [-0.4, -0.2) is 29.1 Å². The van der Waals surface area contributed by atoms with Crippen LogP contribution in [0.2, 0.25) is 0 Å². The number of fused-ring (bicyclic) bond motifs is 5. The van der Waals surface area contributed by atoms with Gasteiger partial charge in [-0.3, -0.25) is 9.59 Å². The topological polar surface area (TPSA) is 63.6 Å². The highest BCUT2D eigenvalue weighted by molar-refractivity contribution is 5.79.